The van der Waals surface area contributed by atoms with Crippen LogP contribution in [0.1, 0.15) is 10.4 Å². The van der Waals surface area contributed by atoms with Crippen LogP contribution in [0.25, 0.3) is 0 Å². The molecular formula is C15H13N5OS. The topological polar surface area (TPSA) is 71.0 Å². The highest BCUT2D eigenvalue weighted by molar-refractivity contribution is 7.13. The van der Waals surface area contributed by atoms with Crippen LogP contribution in [0.15, 0.2) is 54.6 Å². The molecule has 7 heteroatoms. The van der Waals surface area contributed by atoms with Crippen LogP contribution in [0.2, 0.25) is 0 Å². The molecule has 3 rings (SSSR count). The van der Waals surface area contributed by atoms with Crippen molar-refractivity contribution < 1.29 is 4.79 Å². The van der Waals surface area contributed by atoms with E-state index in [0.717, 1.165) is 11.4 Å². The number of benzene rings is 1. The number of hydrogen-bond donors (Lipinski definition) is 1. The summed E-state index contributed by atoms with van der Waals surface area (Å²) in [5, 5.41) is 5.17. The second-order valence-electron chi connectivity index (χ2n) is 4.50. The zero-order chi connectivity index (χ0) is 15.4. The maximum absolute atomic E-state index is 12.2. The van der Waals surface area contributed by atoms with Crippen LogP contribution >= 0.6 is 11.3 Å². The monoisotopic (exact) mass is 311 g/mol. The number of anilines is 3. The Kier molecular flexibility index (Phi) is 4.06. The zero-order valence-corrected chi connectivity index (χ0v) is 12.6. The summed E-state index contributed by atoms with van der Waals surface area (Å²) in [4.78, 5) is 26.2. The Balaban J connectivity index is 1.82. The smallest absolute Gasteiger partial charge is 0.257 e. The Bertz CT molecular complexity index is 761. The Hall–Kier alpha value is -2.80. The highest BCUT2D eigenvalue weighted by Gasteiger charge is 2.10. The molecule has 6 nitrogen and oxygen atoms in total. The van der Waals surface area contributed by atoms with E-state index in [4.69, 9.17) is 0 Å². The minimum absolute atomic E-state index is 0.186. The van der Waals surface area contributed by atoms with Crippen LogP contribution in [-0.2, 0) is 0 Å². The van der Waals surface area contributed by atoms with E-state index in [9.17, 15) is 4.79 Å². The molecule has 0 radical (unpaired) electrons. The number of hydrogen-bond acceptors (Lipinski definition) is 6. The average Bonchev–Trinajstić information content (AvgIpc) is 3.08. The predicted molar refractivity (Wildman–Crippen MR) is 86.6 cm³/mol. The molecule has 0 saturated carbocycles. The van der Waals surface area contributed by atoms with Gasteiger partial charge in [0.05, 0.1) is 18.1 Å². The lowest BCUT2D eigenvalue weighted by molar-refractivity contribution is 0.102. The molecule has 1 aromatic carbocycles. The molecule has 22 heavy (non-hydrogen) atoms. The molecule has 2 aromatic heterocycles. The standard InChI is InChI=1S/C15H13N5OS/c1-20(13-8-16-10-17-9-13)12-4-2-3-11(7-12)14(21)19-15-18-5-6-22-15/h2-10H,1H3,(H,18,19,21). The average molecular weight is 311 g/mol. The summed E-state index contributed by atoms with van der Waals surface area (Å²) in [7, 11) is 1.90. The van der Waals surface area contributed by atoms with Crippen molar-refractivity contribution in [2.24, 2.45) is 0 Å². The van der Waals surface area contributed by atoms with Crippen LogP contribution in [0.3, 0.4) is 0 Å². The van der Waals surface area contributed by atoms with Gasteiger partial charge in [-0.1, -0.05) is 6.07 Å². The van der Waals surface area contributed by atoms with Crippen molar-refractivity contribution >= 4 is 33.8 Å². The summed E-state index contributed by atoms with van der Waals surface area (Å²) in [5.74, 6) is -0.186. The number of carbonyl (C=O) groups is 1. The molecule has 2 heterocycles. The quantitative estimate of drug-likeness (QED) is 0.802. The first kappa shape index (κ1) is 14.2. The Morgan fingerprint density at radius 1 is 1.23 bits per heavy atom. The van der Waals surface area contributed by atoms with Crippen molar-refractivity contribution in [3.05, 3.63) is 60.1 Å². The second-order valence-corrected chi connectivity index (χ2v) is 5.39. The van der Waals surface area contributed by atoms with Gasteiger partial charge in [-0.15, -0.1) is 11.3 Å². The molecule has 1 N–H and O–H groups in total. The summed E-state index contributed by atoms with van der Waals surface area (Å²) in [6, 6.07) is 7.34. The first-order valence-electron chi connectivity index (χ1n) is 6.54. The van der Waals surface area contributed by atoms with E-state index in [1.54, 1.807) is 24.7 Å². The minimum atomic E-state index is -0.186. The fourth-order valence-electron chi connectivity index (χ4n) is 1.92. The van der Waals surface area contributed by atoms with Crippen LogP contribution in [-0.4, -0.2) is 27.9 Å². The molecule has 3 aromatic rings. The van der Waals surface area contributed by atoms with Gasteiger partial charge in [0.1, 0.15) is 6.33 Å². The maximum atomic E-state index is 12.2. The molecule has 0 atom stereocenters. The van der Waals surface area contributed by atoms with Gasteiger partial charge in [0, 0.05) is 29.9 Å². The third-order valence-corrected chi connectivity index (χ3v) is 3.77. The molecule has 110 valence electrons. The lowest BCUT2D eigenvalue weighted by Gasteiger charge is -2.19. The summed E-state index contributed by atoms with van der Waals surface area (Å²) in [6.07, 6.45) is 6.57. The Morgan fingerprint density at radius 3 is 2.77 bits per heavy atom. The van der Waals surface area contributed by atoms with Crippen molar-refractivity contribution in [2.45, 2.75) is 0 Å². The number of rotatable bonds is 4. The number of carbonyl (C=O) groups excluding carboxylic acids is 1. The fourth-order valence-corrected chi connectivity index (χ4v) is 2.45. The van der Waals surface area contributed by atoms with Gasteiger partial charge in [-0.2, -0.15) is 0 Å². The van der Waals surface area contributed by atoms with Crippen molar-refractivity contribution in [1.29, 1.82) is 0 Å². The second kappa shape index (κ2) is 6.31. The molecule has 0 aliphatic heterocycles. The largest absolute Gasteiger partial charge is 0.342 e. The van der Waals surface area contributed by atoms with Gasteiger partial charge >= 0.3 is 0 Å². The normalized spacial score (nSPS) is 10.2. The molecule has 1 amide bonds. The van der Waals surface area contributed by atoms with Gasteiger partial charge in [0.25, 0.3) is 5.91 Å². The van der Waals surface area contributed by atoms with E-state index in [-0.39, 0.29) is 5.91 Å². The van der Waals surface area contributed by atoms with Gasteiger partial charge in [0.2, 0.25) is 0 Å². The van der Waals surface area contributed by atoms with Crippen LogP contribution < -0.4 is 10.2 Å². The van der Waals surface area contributed by atoms with E-state index in [1.165, 1.54) is 17.7 Å². The highest BCUT2D eigenvalue weighted by Crippen LogP contribution is 2.23. The van der Waals surface area contributed by atoms with Crippen molar-refractivity contribution in [2.75, 3.05) is 17.3 Å². The zero-order valence-electron chi connectivity index (χ0n) is 11.8. The molecule has 0 saturated heterocycles. The van der Waals surface area contributed by atoms with Crippen molar-refractivity contribution in [3.63, 3.8) is 0 Å². The van der Waals surface area contributed by atoms with Gasteiger partial charge in [0.15, 0.2) is 5.13 Å². The molecule has 0 unspecified atom stereocenters. The minimum Gasteiger partial charge on any atom is -0.342 e. The predicted octanol–water partition coefficient (Wildman–Crippen LogP) is 2.95. The fraction of sp³-hybridized carbons (Fsp3) is 0.0667. The van der Waals surface area contributed by atoms with E-state index in [0.29, 0.717) is 10.7 Å². The molecule has 0 fully saturated rings. The van der Waals surface area contributed by atoms with E-state index in [2.05, 4.69) is 20.3 Å². The van der Waals surface area contributed by atoms with Crippen molar-refractivity contribution in [3.8, 4) is 0 Å². The first-order valence-corrected chi connectivity index (χ1v) is 7.41. The van der Waals surface area contributed by atoms with Gasteiger partial charge < -0.3 is 4.90 Å². The molecule has 0 spiro atoms. The van der Waals surface area contributed by atoms with Gasteiger partial charge in [-0.25, -0.2) is 15.0 Å². The SMILES string of the molecule is CN(c1cncnc1)c1cccc(C(=O)Nc2nccs2)c1. The van der Waals surface area contributed by atoms with Gasteiger partial charge in [-0.3, -0.25) is 10.1 Å². The number of thiazole rings is 1. The number of nitrogens with zero attached hydrogens (tertiary/aromatic N) is 4. The van der Waals surface area contributed by atoms with Crippen LogP contribution in [0.5, 0.6) is 0 Å². The third kappa shape index (κ3) is 3.09. The maximum Gasteiger partial charge on any atom is 0.257 e. The Labute approximate surface area is 131 Å². The van der Waals surface area contributed by atoms with Crippen LogP contribution in [0, 0.1) is 0 Å². The number of nitrogens with one attached hydrogen (secondary N) is 1. The summed E-state index contributed by atoms with van der Waals surface area (Å²) in [6.45, 7) is 0. The molecular weight excluding hydrogens is 298 g/mol. The first-order chi connectivity index (χ1) is 10.7. The summed E-state index contributed by atoms with van der Waals surface area (Å²) >= 11 is 1.38. The molecule has 0 aliphatic carbocycles. The third-order valence-electron chi connectivity index (χ3n) is 3.08. The number of amides is 1. The summed E-state index contributed by atoms with van der Waals surface area (Å²) < 4.78 is 0. The van der Waals surface area contributed by atoms with E-state index < -0.39 is 0 Å². The summed E-state index contributed by atoms with van der Waals surface area (Å²) in [5.41, 5.74) is 2.29. The lowest BCUT2D eigenvalue weighted by atomic mass is 10.1. The Morgan fingerprint density at radius 2 is 2.05 bits per heavy atom. The molecule has 0 bridgehead atoms. The van der Waals surface area contributed by atoms with Crippen LogP contribution in [0.4, 0.5) is 16.5 Å². The number of aromatic nitrogens is 3. The van der Waals surface area contributed by atoms with Crippen molar-refractivity contribution in [1.82, 2.24) is 15.0 Å². The van der Waals surface area contributed by atoms with Gasteiger partial charge in [-0.05, 0) is 18.2 Å². The van der Waals surface area contributed by atoms with E-state index >= 15 is 0 Å². The molecule has 0 aliphatic rings. The van der Waals surface area contributed by atoms with E-state index in [1.807, 2.05) is 35.5 Å². The lowest BCUT2D eigenvalue weighted by Crippen LogP contribution is -2.14. The highest BCUT2D eigenvalue weighted by atomic mass is 32.1.